The third-order valence-electron chi connectivity index (χ3n) is 2.69. The molecule has 0 fully saturated rings. The predicted molar refractivity (Wildman–Crippen MR) is 83.7 cm³/mol. The molecule has 122 valence electrons. The van der Waals surface area contributed by atoms with E-state index >= 15 is 0 Å². The number of carbonyl (C=O) groups excluding carboxylic acids is 1. The third kappa shape index (κ3) is 4.45. The van der Waals surface area contributed by atoms with Gasteiger partial charge in [-0.25, -0.2) is 12.7 Å². The zero-order valence-corrected chi connectivity index (χ0v) is 13.9. The molecule has 1 aromatic heterocycles. The highest BCUT2D eigenvalue weighted by Crippen LogP contribution is 2.30. The fraction of sp³-hybridized carbons (Fsp3) is 0.429. The SMILES string of the molecule is CC/C=C/CC(=O)N(c1ccc(OC)nc1OC)S(C)(=O)=O. The van der Waals surface area contributed by atoms with E-state index in [4.69, 9.17) is 9.47 Å². The quantitative estimate of drug-likeness (QED) is 0.709. The molecule has 0 saturated carbocycles. The Morgan fingerprint density at radius 1 is 1.27 bits per heavy atom. The number of aromatic nitrogens is 1. The molecule has 0 radical (unpaired) electrons. The smallest absolute Gasteiger partial charge is 0.244 e. The minimum Gasteiger partial charge on any atom is -0.481 e. The zero-order chi connectivity index (χ0) is 16.8. The Kier molecular flexibility index (Phi) is 6.36. The Bertz CT molecular complexity index is 655. The summed E-state index contributed by atoms with van der Waals surface area (Å²) in [5, 5.41) is 0. The molecular weight excluding hydrogens is 308 g/mol. The highest BCUT2D eigenvalue weighted by molar-refractivity contribution is 7.92. The maximum atomic E-state index is 12.3. The van der Waals surface area contributed by atoms with Crippen LogP contribution >= 0.6 is 0 Å². The van der Waals surface area contributed by atoms with Crippen LogP contribution in [0.4, 0.5) is 5.69 Å². The number of hydrogen-bond donors (Lipinski definition) is 0. The number of carbonyl (C=O) groups is 1. The van der Waals surface area contributed by atoms with Gasteiger partial charge in [-0.3, -0.25) is 4.79 Å². The molecule has 1 rings (SSSR count). The number of hydrogen-bond acceptors (Lipinski definition) is 6. The van der Waals surface area contributed by atoms with Gasteiger partial charge in [0.2, 0.25) is 27.7 Å². The van der Waals surface area contributed by atoms with Gasteiger partial charge in [0.1, 0.15) is 5.69 Å². The molecule has 0 aromatic carbocycles. The Morgan fingerprint density at radius 3 is 2.45 bits per heavy atom. The van der Waals surface area contributed by atoms with Crippen LogP contribution in [-0.4, -0.2) is 39.8 Å². The van der Waals surface area contributed by atoms with Crippen molar-refractivity contribution in [3.05, 3.63) is 24.3 Å². The second-order valence-corrected chi connectivity index (χ2v) is 6.22. The molecule has 0 aliphatic rings. The molecule has 0 saturated heterocycles. The van der Waals surface area contributed by atoms with Gasteiger partial charge >= 0.3 is 0 Å². The van der Waals surface area contributed by atoms with Crippen molar-refractivity contribution in [1.29, 1.82) is 0 Å². The van der Waals surface area contributed by atoms with E-state index in [2.05, 4.69) is 4.98 Å². The topological polar surface area (TPSA) is 85.8 Å². The maximum absolute atomic E-state index is 12.3. The molecule has 0 aliphatic carbocycles. The minimum absolute atomic E-state index is 0.00223. The molecule has 8 heteroatoms. The third-order valence-corrected chi connectivity index (χ3v) is 3.75. The fourth-order valence-corrected chi connectivity index (χ4v) is 2.71. The second-order valence-electron chi connectivity index (χ2n) is 4.39. The molecule has 1 amide bonds. The second kappa shape index (κ2) is 7.79. The van der Waals surface area contributed by atoms with Crippen LogP contribution in [0.5, 0.6) is 11.8 Å². The first-order valence-electron chi connectivity index (χ1n) is 6.62. The van der Waals surface area contributed by atoms with Crippen LogP contribution in [0.1, 0.15) is 19.8 Å². The lowest BCUT2D eigenvalue weighted by Gasteiger charge is -2.21. The number of pyridine rings is 1. The van der Waals surface area contributed by atoms with Crippen molar-refractivity contribution in [1.82, 2.24) is 4.98 Å². The standard InChI is InChI=1S/C14H20N2O5S/c1-5-6-7-8-13(17)16(22(4,18)19)11-9-10-12(20-2)15-14(11)21-3/h6-7,9-10H,5,8H2,1-4H3/b7-6+. The summed E-state index contributed by atoms with van der Waals surface area (Å²) in [4.78, 5) is 16.3. The number of allylic oxidation sites excluding steroid dienone is 1. The van der Waals surface area contributed by atoms with Crippen molar-refractivity contribution in [3.63, 3.8) is 0 Å². The molecule has 7 nitrogen and oxygen atoms in total. The van der Waals surface area contributed by atoms with Gasteiger partial charge in [-0.2, -0.15) is 4.98 Å². The fourth-order valence-electron chi connectivity index (χ4n) is 1.77. The number of sulfonamides is 1. The molecule has 0 aliphatic heterocycles. The number of rotatable bonds is 7. The van der Waals surface area contributed by atoms with Gasteiger partial charge < -0.3 is 9.47 Å². The first-order chi connectivity index (χ1) is 10.3. The van der Waals surface area contributed by atoms with E-state index in [0.29, 0.717) is 4.31 Å². The van der Waals surface area contributed by atoms with Crippen molar-refractivity contribution in [2.75, 3.05) is 24.8 Å². The van der Waals surface area contributed by atoms with Crippen molar-refractivity contribution in [2.45, 2.75) is 19.8 Å². The van der Waals surface area contributed by atoms with Crippen molar-refractivity contribution < 1.29 is 22.7 Å². The highest BCUT2D eigenvalue weighted by Gasteiger charge is 2.28. The van der Waals surface area contributed by atoms with Gasteiger partial charge in [0.15, 0.2) is 0 Å². The summed E-state index contributed by atoms with van der Waals surface area (Å²) in [7, 11) is -1.05. The van der Waals surface area contributed by atoms with Crippen LogP contribution in [0, 0.1) is 0 Å². The lowest BCUT2D eigenvalue weighted by atomic mass is 10.3. The van der Waals surface area contributed by atoms with Crippen LogP contribution in [0.2, 0.25) is 0 Å². The minimum atomic E-state index is -3.82. The predicted octanol–water partition coefficient (Wildman–Crippen LogP) is 1.75. The molecular formula is C14H20N2O5S. The monoisotopic (exact) mass is 328 g/mol. The van der Waals surface area contributed by atoms with Crippen LogP contribution in [-0.2, 0) is 14.8 Å². The Morgan fingerprint density at radius 2 is 1.95 bits per heavy atom. The molecule has 1 aromatic rings. The van der Waals surface area contributed by atoms with Crippen LogP contribution < -0.4 is 13.8 Å². The first-order valence-corrected chi connectivity index (χ1v) is 8.47. The van der Waals surface area contributed by atoms with Gasteiger partial charge in [-0.1, -0.05) is 19.1 Å². The van der Waals surface area contributed by atoms with Crippen LogP contribution in [0.15, 0.2) is 24.3 Å². The van der Waals surface area contributed by atoms with E-state index in [1.165, 1.54) is 26.4 Å². The molecule has 1 heterocycles. The zero-order valence-electron chi connectivity index (χ0n) is 13.1. The molecule has 0 bridgehead atoms. The van der Waals surface area contributed by atoms with E-state index < -0.39 is 15.9 Å². The van der Waals surface area contributed by atoms with E-state index in [0.717, 1.165) is 12.7 Å². The molecule has 22 heavy (non-hydrogen) atoms. The molecule has 0 atom stereocenters. The first kappa shape index (κ1) is 18.0. The van der Waals surface area contributed by atoms with E-state index in [9.17, 15) is 13.2 Å². The number of methoxy groups -OCH3 is 2. The van der Waals surface area contributed by atoms with Crippen molar-refractivity contribution in [2.24, 2.45) is 0 Å². The van der Waals surface area contributed by atoms with Gasteiger partial charge in [0, 0.05) is 12.5 Å². The van der Waals surface area contributed by atoms with Crippen LogP contribution in [0.25, 0.3) is 0 Å². The number of amides is 1. The lowest BCUT2D eigenvalue weighted by molar-refractivity contribution is -0.116. The van der Waals surface area contributed by atoms with Gasteiger partial charge in [0.05, 0.1) is 20.5 Å². The number of nitrogens with zero attached hydrogens (tertiary/aromatic N) is 2. The van der Waals surface area contributed by atoms with Gasteiger partial charge in [-0.15, -0.1) is 0 Å². The van der Waals surface area contributed by atoms with Gasteiger partial charge in [-0.05, 0) is 12.5 Å². The molecule has 0 N–H and O–H groups in total. The maximum Gasteiger partial charge on any atom is 0.244 e. The summed E-state index contributed by atoms with van der Waals surface area (Å²) in [6.45, 7) is 1.92. The summed E-state index contributed by atoms with van der Waals surface area (Å²) >= 11 is 0. The summed E-state index contributed by atoms with van der Waals surface area (Å²) < 4.78 is 34.7. The summed E-state index contributed by atoms with van der Waals surface area (Å²) in [6, 6.07) is 2.89. The highest BCUT2D eigenvalue weighted by atomic mass is 32.2. The average Bonchev–Trinajstić information content (AvgIpc) is 2.46. The summed E-state index contributed by atoms with van der Waals surface area (Å²) in [5.41, 5.74) is 0.0562. The largest absolute Gasteiger partial charge is 0.481 e. The average molecular weight is 328 g/mol. The van der Waals surface area contributed by atoms with Crippen molar-refractivity contribution >= 4 is 21.6 Å². The van der Waals surface area contributed by atoms with E-state index in [1.807, 2.05) is 6.92 Å². The number of ether oxygens (including phenoxy) is 2. The van der Waals surface area contributed by atoms with E-state index in [1.54, 1.807) is 12.2 Å². The Balaban J connectivity index is 3.29. The van der Waals surface area contributed by atoms with Crippen molar-refractivity contribution in [3.8, 4) is 11.8 Å². The normalized spacial score (nSPS) is 11.5. The lowest BCUT2D eigenvalue weighted by Crippen LogP contribution is -2.36. The summed E-state index contributed by atoms with van der Waals surface area (Å²) in [6.07, 6.45) is 5.11. The van der Waals surface area contributed by atoms with Crippen LogP contribution in [0.3, 0.4) is 0 Å². The van der Waals surface area contributed by atoms with Gasteiger partial charge in [0.25, 0.3) is 0 Å². The number of anilines is 1. The Labute approximate surface area is 130 Å². The van der Waals surface area contributed by atoms with E-state index in [-0.39, 0.29) is 23.9 Å². The summed E-state index contributed by atoms with van der Waals surface area (Å²) in [5.74, 6) is -0.331. The molecule has 0 spiro atoms. The molecule has 0 unspecified atom stereocenters. The Hall–Kier alpha value is -2.09.